The first-order valence-electron chi connectivity index (χ1n) is 16.1. The number of urea groups is 1. The number of ether oxygens (including phenoxy) is 1. The predicted molar refractivity (Wildman–Crippen MR) is 166 cm³/mol. The number of ketones is 1. The highest BCUT2D eigenvalue weighted by Gasteiger charge is 2.48. The molecule has 246 valence electrons. The Morgan fingerprint density at radius 3 is 2.16 bits per heavy atom. The van der Waals surface area contributed by atoms with E-state index >= 15 is 0 Å². The van der Waals surface area contributed by atoms with E-state index in [1.807, 2.05) is 48.5 Å². The van der Waals surface area contributed by atoms with Crippen molar-refractivity contribution >= 4 is 29.5 Å². The molecule has 0 aromatic carbocycles. The van der Waals surface area contributed by atoms with Gasteiger partial charge < -0.3 is 31.3 Å². The largest absolute Gasteiger partial charge is 0.383 e. The second-order valence-corrected chi connectivity index (χ2v) is 14.2. The van der Waals surface area contributed by atoms with Crippen LogP contribution in [0.4, 0.5) is 4.79 Å². The normalized spacial score (nSPS) is 23.0. The minimum absolute atomic E-state index is 0.0756. The van der Waals surface area contributed by atoms with Gasteiger partial charge in [0.05, 0.1) is 18.7 Å². The molecule has 1 aliphatic carbocycles. The highest BCUT2D eigenvalue weighted by atomic mass is 16.5. The van der Waals surface area contributed by atoms with Crippen LogP contribution in [0.2, 0.25) is 0 Å². The van der Waals surface area contributed by atoms with Gasteiger partial charge in [-0.15, -0.1) is 0 Å². The van der Waals surface area contributed by atoms with Gasteiger partial charge in [-0.2, -0.15) is 0 Å². The molecule has 6 atom stereocenters. The van der Waals surface area contributed by atoms with E-state index in [9.17, 15) is 24.0 Å². The van der Waals surface area contributed by atoms with Gasteiger partial charge in [0.25, 0.3) is 5.91 Å². The maximum atomic E-state index is 14.5. The van der Waals surface area contributed by atoms with Crippen LogP contribution in [0.5, 0.6) is 0 Å². The van der Waals surface area contributed by atoms with Crippen molar-refractivity contribution in [3.63, 3.8) is 0 Å². The van der Waals surface area contributed by atoms with E-state index in [-0.39, 0.29) is 35.6 Å². The van der Waals surface area contributed by atoms with Gasteiger partial charge in [-0.3, -0.25) is 19.2 Å². The number of Topliss-reactive ketones (excluding diaryl/α,β-unsaturated/α-hetero) is 1. The Labute approximate surface area is 258 Å². The van der Waals surface area contributed by atoms with Crippen molar-refractivity contribution in [2.45, 2.75) is 130 Å². The topological polar surface area (TPSA) is 160 Å². The number of nitrogens with zero attached hydrogens (tertiary/aromatic N) is 1. The monoisotopic (exact) mass is 607 g/mol. The summed E-state index contributed by atoms with van der Waals surface area (Å²) in [5.41, 5.74) is 4.54. The van der Waals surface area contributed by atoms with Crippen LogP contribution in [0.15, 0.2) is 0 Å². The van der Waals surface area contributed by atoms with Crippen molar-refractivity contribution in [3.05, 3.63) is 0 Å². The molecule has 1 saturated heterocycles. The molecule has 0 aromatic rings. The molecule has 5 N–H and O–H groups in total. The Morgan fingerprint density at radius 2 is 1.65 bits per heavy atom. The Morgan fingerprint density at radius 1 is 1.02 bits per heavy atom. The Kier molecular flexibility index (Phi) is 13.5. The van der Waals surface area contributed by atoms with E-state index in [4.69, 9.17) is 10.5 Å². The summed E-state index contributed by atoms with van der Waals surface area (Å²) in [6, 6.07) is -3.45. The van der Waals surface area contributed by atoms with Crippen molar-refractivity contribution in [2.24, 2.45) is 28.4 Å². The smallest absolute Gasteiger partial charge is 0.315 e. The van der Waals surface area contributed by atoms with E-state index < -0.39 is 47.2 Å². The average molecular weight is 608 g/mol. The molecule has 0 spiro atoms. The molecule has 1 saturated carbocycles. The van der Waals surface area contributed by atoms with Crippen LogP contribution in [0.1, 0.15) is 106 Å². The molecule has 43 heavy (non-hydrogen) atoms. The maximum absolute atomic E-state index is 14.5. The van der Waals surface area contributed by atoms with Crippen molar-refractivity contribution < 1.29 is 28.7 Å². The highest BCUT2D eigenvalue weighted by molar-refractivity contribution is 6.37. The first kappa shape index (κ1) is 36.5. The van der Waals surface area contributed by atoms with Crippen molar-refractivity contribution in [1.29, 1.82) is 0 Å². The summed E-state index contributed by atoms with van der Waals surface area (Å²) in [5.74, 6) is -2.55. The minimum Gasteiger partial charge on any atom is -0.383 e. The highest BCUT2D eigenvalue weighted by Crippen LogP contribution is 2.40. The quantitative estimate of drug-likeness (QED) is 0.222. The first-order chi connectivity index (χ1) is 20.1. The molecule has 0 radical (unpaired) electrons. The second-order valence-electron chi connectivity index (χ2n) is 14.2. The van der Waals surface area contributed by atoms with Crippen LogP contribution in [-0.2, 0) is 23.9 Å². The number of methoxy groups -OCH3 is 1. The molecule has 11 nitrogen and oxygen atoms in total. The number of amides is 5. The standard InChI is InChI=1S/C32H57N5O6/c1-9-20(3)16-22(25(38)27(33)39)34-28(40)23-17-21(10-2)18-37(23)29(41)26(32(7)14-12-11-13-15-32)36-30(42)35-24(19-43-8)31(4,5)6/h20-24,26H,9-19H2,1-8H3,(H2,33,39)(H,34,40)(H2,35,36,42)/t20?,21-,22?,23?,24?,26?/m1/s1. The molecule has 1 aliphatic heterocycles. The number of likely N-dealkylation sites (tertiary alicyclic amines) is 1. The Bertz CT molecular complexity index is 989. The van der Waals surface area contributed by atoms with Gasteiger partial charge in [-0.25, -0.2) is 4.79 Å². The number of nitrogens with one attached hydrogen (secondary N) is 3. The summed E-state index contributed by atoms with van der Waals surface area (Å²) in [5, 5.41) is 8.80. The van der Waals surface area contributed by atoms with Crippen molar-refractivity contribution in [3.8, 4) is 0 Å². The summed E-state index contributed by atoms with van der Waals surface area (Å²) in [7, 11) is 1.58. The maximum Gasteiger partial charge on any atom is 0.315 e. The van der Waals surface area contributed by atoms with E-state index in [0.717, 1.165) is 44.9 Å². The third-order valence-corrected chi connectivity index (χ3v) is 9.66. The molecule has 5 unspecified atom stereocenters. The fourth-order valence-electron chi connectivity index (χ4n) is 6.30. The predicted octanol–water partition coefficient (Wildman–Crippen LogP) is 3.29. The van der Waals surface area contributed by atoms with Gasteiger partial charge in [-0.05, 0) is 48.3 Å². The molecule has 2 fully saturated rings. The lowest BCUT2D eigenvalue weighted by molar-refractivity contribution is -0.144. The molecular weight excluding hydrogens is 550 g/mol. The lowest BCUT2D eigenvalue weighted by Crippen LogP contribution is -2.62. The number of nitrogens with two attached hydrogens (primary N) is 1. The second kappa shape index (κ2) is 15.9. The Balaban J connectivity index is 2.38. The molecule has 2 rings (SSSR count). The molecular formula is C32H57N5O6. The molecule has 11 heteroatoms. The van der Waals surface area contributed by atoms with Crippen LogP contribution < -0.4 is 21.7 Å². The number of rotatable bonds is 14. The third-order valence-electron chi connectivity index (χ3n) is 9.66. The summed E-state index contributed by atoms with van der Waals surface area (Å²) in [6.45, 7) is 14.7. The number of carbonyl (C=O) groups excluding carboxylic acids is 5. The summed E-state index contributed by atoms with van der Waals surface area (Å²) < 4.78 is 5.35. The van der Waals surface area contributed by atoms with Gasteiger partial charge in [0, 0.05) is 13.7 Å². The number of primary amides is 1. The van der Waals surface area contributed by atoms with Gasteiger partial charge >= 0.3 is 6.03 Å². The lowest BCUT2D eigenvalue weighted by atomic mass is 9.70. The van der Waals surface area contributed by atoms with Crippen LogP contribution in [0, 0.1) is 22.7 Å². The van der Waals surface area contributed by atoms with Crippen LogP contribution in [0.25, 0.3) is 0 Å². The number of hydrogen-bond acceptors (Lipinski definition) is 6. The molecule has 0 aromatic heterocycles. The summed E-state index contributed by atoms with van der Waals surface area (Å²) in [4.78, 5) is 67.6. The van der Waals surface area contributed by atoms with Crippen molar-refractivity contribution in [1.82, 2.24) is 20.9 Å². The summed E-state index contributed by atoms with van der Waals surface area (Å²) in [6.07, 6.45) is 6.76. The van der Waals surface area contributed by atoms with Crippen LogP contribution >= 0.6 is 0 Å². The SMILES string of the molecule is CCC(C)CC(NC(=O)C1C[C@@H](CC)CN1C(=O)C(NC(=O)NC(COC)C(C)(C)C)C1(C)CCCCC1)C(=O)C(N)=O. The lowest BCUT2D eigenvalue weighted by Gasteiger charge is -2.42. The first-order valence-corrected chi connectivity index (χ1v) is 16.1. The van der Waals surface area contributed by atoms with E-state index in [1.54, 1.807) is 12.0 Å². The molecule has 1 heterocycles. The van der Waals surface area contributed by atoms with E-state index in [0.29, 0.717) is 19.6 Å². The van der Waals surface area contributed by atoms with E-state index in [2.05, 4.69) is 16.0 Å². The number of carbonyl (C=O) groups is 5. The minimum atomic E-state index is -1.10. The van der Waals surface area contributed by atoms with Crippen LogP contribution in [-0.4, -0.2) is 78.9 Å². The zero-order valence-corrected chi connectivity index (χ0v) is 27.7. The average Bonchev–Trinajstić information content (AvgIpc) is 3.39. The van der Waals surface area contributed by atoms with E-state index in [1.165, 1.54) is 0 Å². The zero-order chi connectivity index (χ0) is 32.5. The van der Waals surface area contributed by atoms with Gasteiger partial charge in [0.2, 0.25) is 17.6 Å². The van der Waals surface area contributed by atoms with Gasteiger partial charge in [-0.1, -0.05) is 80.6 Å². The number of hydrogen-bond donors (Lipinski definition) is 4. The van der Waals surface area contributed by atoms with Gasteiger partial charge in [0.15, 0.2) is 0 Å². The summed E-state index contributed by atoms with van der Waals surface area (Å²) >= 11 is 0. The van der Waals surface area contributed by atoms with Crippen LogP contribution in [0.3, 0.4) is 0 Å². The van der Waals surface area contributed by atoms with Crippen molar-refractivity contribution in [2.75, 3.05) is 20.3 Å². The Hall–Kier alpha value is -2.69. The van der Waals surface area contributed by atoms with Gasteiger partial charge in [0.1, 0.15) is 12.1 Å². The third kappa shape index (κ3) is 9.91. The molecule has 0 bridgehead atoms. The molecule has 2 aliphatic rings. The molecule has 5 amide bonds. The zero-order valence-electron chi connectivity index (χ0n) is 27.7. The fourth-order valence-corrected chi connectivity index (χ4v) is 6.30. The fraction of sp³-hybridized carbons (Fsp3) is 0.844.